The topological polar surface area (TPSA) is 102 Å². The van der Waals surface area contributed by atoms with Crippen molar-refractivity contribution in [2.24, 2.45) is 0 Å². The molecule has 0 fully saturated rings. The average molecular weight is 393 g/mol. The molecule has 150 valence electrons. The van der Waals surface area contributed by atoms with E-state index in [0.29, 0.717) is 5.69 Å². The number of benzene rings is 1. The number of anilines is 1. The molecule has 0 bridgehead atoms. The fraction of sp³-hybridized carbons (Fsp3) is 0.333. The van der Waals surface area contributed by atoms with Crippen LogP contribution >= 0.6 is 0 Å². The van der Waals surface area contributed by atoms with Crippen LogP contribution in [0.4, 0.5) is 5.69 Å². The van der Waals surface area contributed by atoms with Gasteiger partial charge in [-0.15, -0.1) is 10.2 Å². The number of rotatable bonds is 5. The van der Waals surface area contributed by atoms with E-state index in [9.17, 15) is 9.59 Å². The predicted molar refractivity (Wildman–Crippen MR) is 107 cm³/mol. The molecule has 3 heterocycles. The highest BCUT2D eigenvalue weighted by molar-refractivity contribution is 5.99. The van der Waals surface area contributed by atoms with Gasteiger partial charge >= 0.3 is 0 Å². The molecule has 0 saturated heterocycles. The number of nitrogens with zero attached hydrogens (tertiary/aromatic N) is 3. The van der Waals surface area contributed by atoms with Crippen LogP contribution in [0.25, 0.3) is 11.4 Å². The van der Waals surface area contributed by atoms with Crippen molar-refractivity contribution in [2.75, 3.05) is 5.32 Å². The summed E-state index contributed by atoms with van der Waals surface area (Å²) in [7, 11) is 0. The maximum Gasteiger partial charge on any atom is 0.287 e. The van der Waals surface area contributed by atoms with E-state index in [-0.39, 0.29) is 11.7 Å². The molecular weight excluding hydrogens is 370 g/mol. The van der Waals surface area contributed by atoms with Crippen LogP contribution < -0.4 is 10.6 Å². The summed E-state index contributed by atoms with van der Waals surface area (Å²) in [5.41, 5.74) is 1.61. The molecule has 1 aromatic carbocycles. The van der Waals surface area contributed by atoms with E-state index in [0.717, 1.165) is 43.0 Å². The lowest BCUT2D eigenvalue weighted by molar-refractivity contribution is -0.117. The summed E-state index contributed by atoms with van der Waals surface area (Å²) in [6.07, 6.45) is 5.87. The number of hydrogen-bond acceptors (Lipinski definition) is 5. The average Bonchev–Trinajstić information content (AvgIpc) is 3.34. The summed E-state index contributed by atoms with van der Waals surface area (Å²) in [6.45, 7) is 2.55. The SMILES string of the molecule is CC(NC(=O)c1ccco1)C(=O)Nc1ccc(-c2nnc3n2CCCCC3)cc1. The Hall–Kier alpha value is -3.42. The fourth-order valence-electron chi connectivity index (χ4n) is 3.39. The van der Waals surface area contributed by atoms with Crippen molar-refractivity contribution in [3.05, 3.63) is 54.2 Å². The number of amides is 2. The monoisotopic (exact) mass is 393 g/mol. The number of carbonyl (C=O) groups is 2. The summed E-state index contributed by atoms with van der Waals surface area (Å²) in [4.78, 5) is 24.4. The summed E-state index contributed by atoms with van der Waals surface area (Å²) >= 11 is 0. The molecule has 0 aliphatic carbocycles. The quantitative estimate of drug-likeness (QED) is 0.694. The van der Waals surface area contributed by atoms with E-state index in [1.54, 1.807) is 19.1 Å². The Balaban J connectivity index is 1.40. The van der Waals surface area contributed by atoms with Gasteiger partial charge in [-0.3, -0.25) is 9.59 Å². The van der Waals surface area contributed by atoms with Crippen LogP contribution in [0.15, 0.2) is 47.1 Å². The van der Waals surface area contributed by atoms with Gasteiger partial charge in [-0.05, 0) is 56.2 Å². The number of furan rings is 1. The first-order valence-corrected chi connectivity index (χ1v) is 9.79. The smallest absolute Gasteiger partial charge is 0.287 e. The second-order valence-electron chi connectivity index (χ2n) is 7.14. The molecule has 4 rings (SSSR count). The maximum absolute atomic E-state index is 12.4. The van der Waals surface area contributed by atoms with E-state index in [1.165, 1.54) is 12.7 Å². The molecule has 0 radical (unpaired) electrons. The standard InChI is InChI=1S/C21H23N5O3/c1-14(22-21(28)17-6-5-13-29-17)20(27)23-16-10-8-15(9-11-16)19-25-24-18-7-3-2-4-12-26(18)19/h5-6,8-11,13-14H,2-4,7,12H2,1H3,(H,22,28)(H,23,27). The Kier molecular flexibility index (Phi) is 5.41. The van der Waals surface area contributed by atoms with Crippen molar-refractivity contribution in [3.8, 4) is 11.4 Å². The minimum Gasteiger partial charge on any atom is -0.459 e. The Morgan fingerprint density at radius 2 is 1.93 bits per heavy atom. The molecule has 0 spiro atoms. The molecule has 1 atom stereocenters. The number of nitrogens with one attached hydrogen (secondary N) is 2. The number of hydrogen-bond donors (Lipinski definition) is 2. The van der Waals surface area contributed by atoms with Crippen LogP contribution in [-0.2, 0) is 17.8 Å². The Labute approximate surface area is 168 Å². The van der Waals surface area contributed by atoms with Gasteiger partial charge in [0.05, 0.1) is 6.26 Å². The third-order valence-corrected chi connectivity index (χ3v) is 5.01. The van der Waals surface area contributed by atoms with Gasteiger partial charge in [0, 0.05) is 24.2 Å². The third-order valence-electron chi connectivity index (χ3n) is 5.01. The van der Waals surface area contributed by atoms with E-state index >= 15 is 0 Å². The van der Waals surface area contributed by atoms with E-state index < -0.39 is 11.9 Å². The minimum absolute atomic E-state index is 0.168. The largest absolute Gasteiger partial charge is 0.459 e. The number of fused-ring (bicyclic) bond motifs is 1. The van der Waals surface area contributed by atoms with Crippen LogP contribution in [0.3, 0.4) is 0 Å². The lowest BCUT2D eigenvalue weighted by Crippen LogP contribution is -2.41. The summed E-state index contributed by atoms with van der Waals surface area (Å²) < 4.78 is 7.22. The summed E-state index contributed by atoms with van der Waals surface area (Å²) in [5.74, 6) is 1.32. The molecule has 8 heteroatoms. The third kappa shape index (κ3) is 4.21. The molecule has 1 aliphatic heterocycles. The van der Waals surface area contributed by atoms with Crippen LogP contribution in [0.2, 0.25) is 0 Å². The van der Waals surface area contributed by atoms with Crippen molar-refractivity contribution in [1.82, 2.24) is 20.1 Å². The van der Waals surface area contributed by atoms with Crippen molar-refractivity contribution < 1.29 is 14.0 Å². The zero-order valence-electron chi connectivity index (χ0n) is 16.2. The van der Waals surface area contributed by atoms with Crippen LogP contribution in [0.5, 0.6) is 0 Å². The van der Waals surface area contributed by atoms with Crippen molar-refractivity contribution >= 4 is 17.5 Å². The van der Waals surface area contributed by atoms with Gasteiger partial charge in [-0.2, -0.15) is 0 Å². The predicted octanol–water partition coefficient (Wildman–Crippen LogP) is 3.02. The van der Waals surface area contributed by atoms with Gasteiger partial charge in [0.15, 0.2) is 11.6 Å². The van der Waals surface area contributed by atoms with Crippen molar-refractivity contribution in [1.29, 1.82) is 0 Å². The van der Waals surface area contributed by atoms with Gasteiger partial charge in [-0.1, -0.05) is 6.42 Å². The lowest BCUT2D eigenvalue weighted by Gasteiger charge is -2.14. The van der Waals surface area contributed by atoms with Crippen molar-refractivity contribution in [2.45, 2.75) is 45.2 Å². The molecule has 2 aromatic heterocycles. The summed E-state index contributed by atoms with van der Waals surface area (Å²) in [6, 6.07) is 9.95. The Morgan fingerprint density at radius 3 is 2.69 bits per heavy atom. The van der Waals surface area contributed by atoms with Gasteiger partial charge < -0.3 is 19.6 Å². The van der Waals surface area contributed by atoms with Crippen LogP contribution in [-0.4, -0.2) is 32.6 Å². The molecule has 29 heavy (non-hydrogen) atoms. The first kappa shape index (κ1) is 18.9. The lowest BCUT2D eigenvalue weighted by atomic mass is 10.2. The van der Waals surface area contributed by atoms with Gasteiger partial charge in [-0.25, -0.2) is 0 Å². The van der Waals surface area contributed by atoms with Crippen molar-refractivity contribution in [3.63, 3.8) is 0 Å². The number of aryl methyl sites for hydroxylation is 1. The summed E-state index contributed by atoms with van der Waals surface area (Å²) in [5, 5.41) is 14.1. The maximum atomic E-state index is 12.4. The second-order valence-corrected chi connectivity index (χ2v) is 7.14. The Morgan fingerprint density at radius 1 is 1.10 bits per heavy atom. The number of carbonyl (C=O) groups excluding carboxylic acids is 2. The first-order chi connectivity index (χ1) is 14.1. The normalized spacial score (nSPS) is 14.5. The van der Waals surface area contributed by atoms with E-state index in [4.69, 9.17) is 4.42 Å². The first-order valence-electron chi connectivity index (χ1n) is 9.79. The molecule has 2 N–H and O–H groups in total. The molecule has 1 unspecified atom stereocenters. The minimum atomic E-state index is -0.709. The number of aromatic nitrogens is 3. The fourth-order valence-corrected chi connectivity index (χ4v) is 3.39. The van der Waals surface area contributed by atoms with Gasteiger partial charge in [0.25, 0.3) is 5.91 Å². The molecule has 2 amide bonds. The highest BCUT2D eigenvalue weighted by Gasteiger charge is 2.19. The highest BCUT2D eigenvalue weighted by Crippen LogP contribution is 2.24. The van der Waals surface area contributed by atoms with Gasteiger partial charge in [0.2, 0.25) is 5.91 Å². The zero-order valence-corrected chi connectivity index (χ0v) is 16.2. The molecule has 3 aromatic rings. The molecule has 1 aliphatic rings. The van der Waals surface area contributed by atoms with Crippen LogP contribution in [0.1, 0.15) is 42.6 Å². The Bertz CT molecular complexity index is 992. The van der Waals surface area contributed by atoms with E-state index in [2.05, 4.69) is 25.4 Å². The highest BCUT2D eigenvalue weighted by atomic mass is 16.3. The van der Waals surface area contributed by atoms with E-state index in [1.807, 2.05) is 24.3 Å². The van der Waals surface area contributed by atoms with Gasteiger partial charge in [0.1, 0.15) is 11.9 Å². The molecule has 0 saturated carbocycles. The molecule has 8 nitrogen and oxygen atoms in total. The zero-order chi connectivity index (χ0) is 20.2. The second kappa shape index (κ2) is 8.30. The van der Waals surface area contributed by atoms with Crippen LogP contribution in [0, 0.1) is 0 Å². The molecular formula is C21H23N5O3.